The van der Waals surface area contributed by atoms with Crippen molar-refractivity contribution in [2.24, 2.45) is 5.73 Å². The Morgan fingerprint density at radius 2 is 0.903 bits per heavy atom. The topological polar surface area (TPSA) is 117 Å². The number of esters is 1. The van der Waals surface area contributed by atoms with Gasteiger partial charge in [0.15, 0.2) is 0 Å². The van der Waals surface area contributed by atoms with Crippen LogP contribution < -0.4 is 5.73 Å². The molecule has 0 spiro atoms. The molecule has 0 aromatic heterocycles. The molecule has 2 unspecified atom stereocenters. The molecule has 2 atom stereocenters. The zero-order valence-corrected chi connectivity index (χ0v) is 41.0. The van der Waals surface area contributed by atoms with Crippen LogP contribution in [0.4, 0.5) is 0 Å². The molecule has 0 bridgehead atoms. The van der Waals surface area contributed by atoms with Gasteiger partial charge in [-0.15, -0.1) is 0 Å². The van der Waals surface area contributed by atoms with Gasteiger partial charge >= 0.3 is 13.8 Å². The van der Waals surface area contributed by atoms with Crippen molar-refractivity contribution >= 4 is 13.8 Å². The summed E-state index contributed by atoms with van der Waals surface area (Å²) in [6.45, 7) is 4.80. The number of carbonyl (C=O) groups excluding carboxylic acids is 1. The van der Waals surface area contributed by atoms with Crippen LogP contribution >= 0.6 is 7.82 Å². The summed E-state index contributed by atoms with van der Waals surface area (Å²) < 4.78 is 33.6. The summed E-state index contributed by atoms with van der Waals surface area (Å²) in [5.74, 6) is -0.353. The fourth-order valence-corrected chi connectivity index (χ4v) is 7.71. The van der Waals surface area contributed by atoms with E-state index in [0.717, 1.165) is 83.5 Å². The SMILES string of the molecule is CC/C=C\C/C=C\C/C=C\C/C=C\C/C=C\C/C=C\CCCCCCC(=O)OC(COCCCCCCCCCCCCCCCCCCCCCC)COP(=O)(O)OCCN. The van der Waals surface area contributed by atoms with Crippen LogP contribution in [0.25, 0.3) is 0 Å². The highest BCUT2D eigenvalue weighted by Crippen LogP contribution is 2.43. The molecule has 62 heavy (non-hydrogen) atoms. The predicted molar refractivity (Wildman–Crippen MR) is 265 cm³/mol. The molecule has 0 aliphatic heterocycles. The van der Waals surface area contributed by atoms with Gasteiger partial charge in [-0.2, -0.15) is 0 Å². The highest BCUT2D eigenvalue weighted by molar-refractivity contribution is 7.47. The first-order chi connectivity index (χ1) is 30.4. The predicted octanol–water partition coefficient (Wildman–Crippen LogP) is 15.9. The molecule has 0 saturated carbocycles. The van der Waals surface area contributed by atoms with E-state index in [1.54, 1.807) is 0 Å². The summed E-state index contributed by atoms with van der Waals surface area (Å²) >= 11 is 0. The minimum Gasteiger partial charge on any atom is -0.457 e. The van der Waals surface area contributed by atoms with Crippen molar-refractivity contribution < 1.29 is 32.8 Å². The van der Waals surface area contributed by atoms with Crippen molar-refractivity contribution in [3.8, 4) is 0 Å². The van der Waals surface area contributed by atoms with Gasteiger partial charge in [0.25, 0.3) is 0 Å². The molecular formula is C53H96NO7P. The molecule has 0 aromatic rings. The number of rotatable bonds is 48. The van der Waals surface area contributed by atoms with Gasteiger partial charge in [-0.1, -0.05) is 222 Å². The largest absolute Gasteiger partial charge is 0.472 e. The van der Waals surface area contributed by atoms with Crippen LogP contribution in [0, 0.1) is 0 Å². The van der Waals surface area contributed by atoms with Gasteiger partial charge in [-0.3, -0.25) is 13.8 Å². The Balaban J connectivity index is 4.02. The molecular weight excluding hydrogens is 794 g/mol. The lowest BCUT2D eigenvalue weighted by Gasteiger charge is -2.20. The summed E-state index contributed by atoms with van der Waals surface area (Å²) in [7, 11) is -4.29. The van der Waals surface area contributed by atoms with Crippen LogP contribution in [-0.2, 0) is 27.9 Å². The van der Waals surface area contributed by atoms with Crippen LogP contribution in [-0.4, -0.2) is 49.9 Å². The number of phosphoric acid groups is 1. The smallest absolute Gasteiger partial charge is 0.457 e. The van der Waals surface area contributed by atoms with Crippen LogP contribution in [0.2, 0.25) is 0 Å². The monoisotopic (exact) mass is 890 g/mol. The van der Waals surface area contributed by atoms with Crippen molar-refractivity contribution in [1.29, 1.82) is 0 Å². The van der Waals surface area contributed by atoms with Gasteiger partial charge in [0.05, 0.1) is 19.8 Å². The van der Waals surface area contributed by atoms with Gasteiger partial charge in [0, 0.05) is 19.6 Å². The molecule has 0 radical (unpaired) electrons. The van der Waals surface area contributed by atoms with E-state index in [-0.39, 0.29) is 38.8 Å². The Kier molecular flexibility index (Phi) is 48.3. The van der Waals surface area contributed by atoms with Gasteiger partial charge in [0.2, 0.25) is 0 Å². The summed E-state index contributed by atoms with van der Waals surface area (Å²) in [6, 6.07) is 0. The Bertz CT molecular complexity index is 1180. The molecule has 0 aromatic carbocycles. The maximum atomic E-state index is 12.6. The van der Waals surface area contributed by atoms with E-state index in [1.807, 2.05) is 0 Å². The van der Waals surface area contributed by atoms with E-state index in [1.165, 1.54) is 116 Å². The number of carbonyl (C=O) groups is 1. The average Bonchev–Trinajstić information content (AvgIpc) is 3.26. The fraction of sp³-hybridized carbons (Fsp3) is 0.755. The Labute approximate surface area is 382 Å². The number of phosphoric ester groups is 1. The standard InChI is InChI=1S/C53H96NO7P/c1-3-5-7-9-11-13-15-17-19-21-23-25-26-27-28-30-32-34-36-38-40-42-44-46-53(55)61-52(51-60-62(56,57)59-49-47-54)50-58-48-45-43-41-39-37-35-33-31-29-24-22-20-18-16-14-12-10-8-6-4-2/h5,7,11,13,17,19,23,25,27-28,32,34,52H,3-4,6,8-10,12,14-16,18,20-22,24,26,29-31,33,35-51,54H2,1-2H3,(H,56,57)/b7-5-,13-11-,19-17-,25-23-,28-27-,34-32-. The number of hydrogen-bond acceptors (Lipinski definition) is 7. The van der Waals surface area contributed by atoms with Crippen molar-refractivity contribution in [1.82, 2.24) is 0 Å². The molecule has 0 aliphatic rings. The minimum atomic E-state index is -4.29. The van der Waals surface area contributed by atoms with Crippen molar-refractivity contribution in [3.05, 3.63) is 72.9 Å². The van der Waals surface area contributed by atoms with Gasteiger partial charge < -0.3 is 20.1 Å². The normalized spacial score (nSPS) is 13.9. The highest BCUT2D eigenvalue weighted by Gasteiger charge is 2.25. The summed E-state index contributed by atoms with van der Waals surface area (Å²) in [5, 5.41) is 0. The van der Waals surface area contributed by atoms with E-state index in [2.05, 4.69) is 86.8 Å². The average molecular weight is 890 g/mol. The zero-order chi connectivity index (χ0) is 45.1. The van der Waals surface area contributed by atoms with Crippen LogP contribution in [0.5, 0.6) is 0 Å². The van der Waals surface area contributed by atoms with Gasteiger partial charge in [0.1, 0.15) is 6.10 Å². The number of ether oxygens (including phenoxy) is 2. The third-order valence-electron chi connectivity index (χ3n) is 10.6. The molecule has 0 saturated heterocycles. The third-order valence-corrected chi connectivity index (χ3v) is 11.6. The third kappa shape index (κ3) is 49.0. The lowest BCUT2D eigenvalue weighted by Crippen LogP contribution is -2.28. The summed E-state index contributed by atoms with van der Waals surface area (Å²) in [5.41, 5.74) is 5.39. The second kappa shape index (κ2) is 49.9. The lowest BCUT2D eigenvalue weighted by molar-refractivity contribution is -0.154. The summed E-state index contributed by atoms with van der Waals surface area (Å²) in [6.07, 6.45) is 63.6. The number of allylic oxidation sites excluding steroid dienone is 12. The van der Waals surface area contributed by atoms with Crippen LogP contribution in [0.15, 0.2) is 72.9 Å². The molecule has 0 heterocycles. The van der Waals surface area contributed by atoms with Crippen LogP contribution in [0.3, 0.4) is 0 Å². The molecule has 3 N–H and O–H groups in total. The maximum absolute atomic E-state index is 12.6. The van der Waals surface area contributed by atoms with E-state index < -0.39 is 13.9 Å². The van der Waals surface area contributed by atoms with E-state index in [0.29, 0.717) is 6.61 Å². The van der Waals surface area contributed by atoms with E-state index in [9.17, 15) is 14.3 Å². The molecule has 0 rings (SSSR count). The molecule has 8 nitrogen and oxygen atoms in total. The first-order valence-corrected chi connectivity index (χ1v) is 26.9. The second-order valence-electron chi connectivity index (χ2n) is 16.7. The Hall–Kier alpha value is -2.06. The molecule has 0 fully saturated rings. The lowest BCUT2D eigenvalue weighted by atomic mass is 10.0. The van der Waals surface area contributed by atoms with Crippen molar-refractivity contribution in [2.45, 2.75) is 225 Å². The Morgan fingerprint density at radius 3 is 1.35 bits per heavy atom. The van der Waals surface area contributed by atoms with E-state index in [4.69, 9.17) is 24.3 Å². The zero-order valence-electron chi connectivity index (χ0n) is 40.1. The quantitative estimate of drug-likeness (QED) is 0.0268. The van der Waals surface area contributed by atoms with Crippen LogP contribution in [0.1, 0.15) is 219 Å². The second-order valence-corrected chi connectivity index (χ2v) is 18.1. The molecule has 0 aliphatic carbocycles. The number of unbranched alkanes of at least 4 members (excludes halogenated alkanes) is 23. The molecule has 9 heteroatoms. The van der Waals surface area contributed by atoms with Crippen molar-refractivity contribution in [3.63, 3.8) is 0 Å². The first-order valence-electron chi connectivity index (χ1n) is 25.4. The minimum absolute atomic E-state index is 0.0936. The first kappa shape index (κ1) is 59.9. The maximum Gasteiger partial charge on any atom is 0.472 e. The van der Waals surface area contributed by atoms with Gasteiger partial charge in [-0.25, -0.2) is 4.57 Å². The van der Waals surface area contributed by atoms with Crippen molar-refractivity contribution in [2.75, 3.05) is 33.0 Å². The summed E-state index contributed by atoms with van der Waals surface area (Å²) in [4.78, 5) is 22.6. The Morgan fingerprint density at radius 1 is 0.500 bits per heavy atom. The highest BCUT2D eigenvalue weighted by atomic mass is 31.2. The molecule has 360 valence electrons. The van der Waals surface area contributed by atoms with E-state index >= 15 is 0 Å². The number of hydrogen-bond donors (Lipinski definition) is 2. The molecule has 0 amide bonds. The number of nitrogens with two attached hydrogens (primary N) is 1. The van der Waals surface area contributed by atoms with Gasteiger partial charge in [-0.05, 0) is 64.2 Å². The fourth-order valence-electron chi connectivity index (χ4n) is 6.94.